The third kappa shape index (κ3) is 7.70. The van der Waals surface area contributed by atoms with E-state index in [-0.39, 0.29) is 26.2 Å². The van der Waals surface area contributed by atoms with Gasteiger partial charge in [-0.25, -0.2) is 4.79 Å². The number of ether oxygens (including phenoxy) is 5. The number of para-hydroxylation sites is 1. The maximum absolute atomic E-state index is 12.2. The second kappa shape index (κ2) is 13.9. The Balaban J connectivity index is 2.57. The summed E-state index contributed by atoms with van der Waals surface area (Å²) in [6.07, 6.45) is 1.45. The zero-order valence-electron chi connectivity index (χ0n) is 20.5. The van der Waals surface area contributed by atoms with Crippen molar-refractivity contribution in [2.45, 2.75) is 19.4 Å². The molecule has 2 aromatic rings. The van der Waals surface area contributed by atoms with E-state index in [1.54, 1.807) is 43.5 Å². The van der Waals surface area contributed by atoms with E-state index in [4.69, 9.17) is 28.8 Å². The van der Waals surface area contributed by atoms with Gasteiger partial charge in [0.15, 0.2) is 0 Å². The molecule has 0 unspecified atom stereocenters. The zero-order valence-corrected chi connectivity index (χ0v) is 20.5. The lowest BCUT2D eigenvalue weighted by Gasteiger charge is -2.21. The van der Waals surface area contributed by atoms with E-state index in [2.05, 4.69) is 6.58 Å². The van der Waals surface area contributed by atoms with Crippen LogP contribution in [0.1, 0.15) is 40.9 Å². The quantitative estimate of drug-likeness (QED) is 0.335. The SMILES string of the molecule is C=C(COC)/C(=C/C[C@@H](OC(C)=O)c1ccccc1OCCO)c1cc(C(=O)OC)ccc1OC. The van der Waals surface area contributed by atoms with Crippen LogP contribution in [-0.4, -0.2) is 58.2 Å². The van der Waals surface area contributed by atoms with Crippen molar-refractivity contribution in [2.24, 2.45) is 0 Å². The molecule has 0 aliphatic heterocycles. The molecule has 8 heteroatoms. The third-order valence-corrected chi connectivity index (χ3v) is 5.07. The monoisotopic (exact) mass is 484 g/mol. The zero-order chi connectivity index (χ0) is 25.8. The first-order chi connectivity index (χ1) is 16.9. The highest BCUT2D eigenvalue weighted by Crippen LogP contribution is 2.36. The molecule has 0 spiro atoms. The lowest BCUT2D eigenvalue weighted by molar-refractivity contribution is -0.146. The summed E-state index contributed by atoms with van der Waals surface area (Å²) in [7, 11) is 4.40. The molecule has 1 N–H and O–H groups in total. The van der Waals surface area contributed by atoms with E-state index in [1.807, 2.05) is 12.1 Å². The minimum atomic E-state index is -0.678. The number of methoxy groups -OCH3 is 3. The van der Waals surface area contributed by atoms with Crippen molar-refractivity contribution in [3.8, 4) is 11.5 Å². The standard InChI is InChI=1S/C27H32O8/c1-18(17-31-3)21(23-16-20(27(30)33-5)10-12-24(23)32-4)11-13-26(35-19(2)29)22-8-6-7-9-25(22)34-15-14-28/h6-12,16,26,28H,1,13-15,17H2,2-5H3/b21-11-/t26-/m1/s1. The van der Waals surface area contributed by atoms with Gasteiger partial charge in [-0.1, -0.05) is 30.9 Å². The van der Waals surface area contributed by atoms with Crippen LogP contribution in [0.25, 0.3) is 5.57 Å². The number of carbonyl (C=O) groups excluding carboxylic acids is 2. The van der Waals surface area contributed by atoms with Gasteiger partial charge < -0.3 is 28.8 Å². The predicted molar refractivity (Wildman–Crippen MR) is 131 cm³/mol. The number of carbonyl (C=O) groups is 2. The van der Waals surface area contributed by atoms with Gasteiger partial charge in [-0.2, -0.15) is 0 Å². The van der Waals surface area contributed by atoms with Crippen LogP contribution in [0.5, 0.6) is 11.5 Å². The van der Waals surface area contributed by atoms with Crippen LogP contribution in [0.2, 0.25) is 0 Å². The van der Waals surface area contributed by atoms with Crippen molar-refractivity contribution in [1.29, 1.82) is 0 Å². The second-order valence-corrected chi connectivity index (χ2v) is 7.50. The fourth-order valence-electron chi connectivity index (χ4n) is 3.56. The van der Waals surface area contributed by atoms with E-state index < -0.39 is 18.0 Å². The van der Waals surface area contributed by atoms with Gasteiger partial charge in [0.05, 0.1) is 33.0 Å². The lowest BCUT2D eigenvalue weighted by atomic mass is 9.94. The minimum absolute atomic E-state index is 0.104. The first-order valence-electron chi connectivity index (χ1n) is 11.0. The Morgan fingerprint density at radius 3 is 2.46 bits per heavy atom. The Labute approximate surface area is 205 Å². The number of hydrogen-bond acceptors (Lipinski definition) is 8. The molecule has 0 saturated carbocycles. The maximum atomic E-state index is 12.2. The molecule has 2 aromatic carbocycles. The van der Waals surface area contributed by atoms with Crippen molar-refractivity contribution in [1.82, 2.24) is 0 Å². The average Bonchev–Trinajstić information content (AvgIpc) is 2.86. The van der Waals surface area contributed by atoms with E-state index in [0.29, 0.717) is 39.3 Å². The van der Waals surface area contributed by atoms with Gasteiger partial charge in [-0.15, -0.1) is 0 Å². The van der Waals surface area contributed by atoms with Gasteiger partial charge in [0.1, 0.15) is 24.2 Å². The van der Waals surface area contributed by atoms with E-state index in [1.165, 1.54) is 21.1 Å². The fraction of sp³-hybridized carbons (Fsp3) is 0.333. The molecule has 0 saturated heterocycles. The number of aliphatic hydroxyl groups excluding tert-OH is 1. The van der Waals surface area contributed by atoms with Crippen LogP contribution >= 0.6 is 0 Å². The van der Waals surface area contributed by atoms with Gasteiger partial charge in [0.2, 0.25) is 0 Å². The molecule has 188 valence electrons. The smallest absolute Gasteiger partial charge is 0.337 e. The van der Waals surface area contributed by atoms with Crippen molar-refractivity contribution in [3.05, 3.63) is 77.4 Å². The first-order valence-corrected chi connectivity index (χ1v) is 11.0. The molecule has 35 heavy (non-hydrogen) atoms. The highest BCUT2D eigenvalue weighted by Gasteiger charge is 2.21. The minimum Gasteiger partial charge on any atom is -0.496 e. The van der Waals surface area contributed by atoms with Crippen LogP contribution in [0, 0.1) is 0 Å². The van der Waals surface area contributed by atoms with Crippen LogP contribution in [0.4, 0.5) is 0 Å². The molecule has 8 nitrogen and oxygen atoms in total. The van der Waals surface area contributed by atoms with Crippen molar-refractivity contribution >= 4 is 17.5 Å². The van der Waals surface area contributed by atoms with Crippen LogP contribution in [0.3, 0.4) is 0 Å². The van der Waals surface area contributed by atoms with Crippen molar-refractivity contribution < 1.29 is 38.4 Å². The summed E-state index contributed by atoms with van der Waals surface area (Å²) in [5.74, 6) is 0.0851. The Hall–Kier alpha value is -3.62. The molecule has 0 bridgehead atoms. The van der Waals surface area contributed by atoms with Gasteiger partial charge >= 0.3 is 11.9 Å². The lowest BCUT2D eigenvalue weighted by Crippen LogP contribution is -2.11. The van der Waals surface area contributed by atoms with E-state index in [9.17, 15) is 9.59 Å². The molecule has 0 aliphatic rings. The molecule has 0 heterocycles. The van der Waals surface area contributed by atoms with Gasteiger partial charge in [-0.05, 0) is 35.4 Å². The molecule has 0 aromatic heterocycles. The van der Waals surface area contributed by atoms with Gasteiger partial charge in [-0.3, -0.25) is 4.79 Å². The van der Waals surface area contributed by atoms with Crippen LogP contribution in [-0.2, 0) is 19.0 Å². The Morgan fingerprint density at radius 1 is 1.09 bits per heavy atom. The average molecular weight is 485 g/mol. The molecule has 0 aliphatic carbocycles. The first kappa shape index (κ1) is 27.6. The molecule has 0 fully saturated rings. The summed E-state index contributed by atoms with van der Waals surface area (Å²) < 4.78 is 27.0. The summed E-state index contributed by atoms with van der Waals surface area (Å²) in [4.78, 5) is 24.1. The number of rotatable bonds is 13. The summed E-state index contributed by atoms with van der Waals surface area (Å²) >= 11 is 0. The van der Waals surface area contributed by atoms with Crippen LogP contribution < -0.4 is 9.47 Å². The molecular weight excluding hydrogens is 452 g/mol. The number of hydrogen-bond donors (Lipinski definition) is 1. The summed E-state index contributed by atoms with van der Waals surface area (Å²) in [6, 6.07) is 12.1. The summed E-state index contributed by atoms with van der Waals surface area (Å²) in [5, 5.41) is 9.16. The van der Waals surface area contributed by atoms with Gasteiger partial charge in [0, 0.05) is 31.6 Å². The summed E-state index contributed by atoms with van der Waals surface area (Å²) in [5.41, 5.74) is 2.92. The Kier molecular flexibility index (Phi) is 11.0. The second-order valence-electron chi connectivity index (χ2n) is 7.50. The normalized spacial score (nSPS) is 12.0. The largest absolute Gasteiger partial charge is 0.496 e. The topological polar surface area (TPSA) is 101 Å². The third-order valence-electron chi connectivity index (χ3n) is 5.07. The fourth-order valence-corrected chi connectivity index (χ4v) is 3.56. The molecule has 0 radical (unpaired) electrons. The highest BCUT2D eigenvalue weighted by molar-refractivity contribution is 5.92. The number of aliphatic hydroxyl groups is 1. The van der Waals surface area contributed by atoms with E-state index >= 15 is 0 Å². The Morgan fingerprint density at radius 2 is 1.83 bits per heavy atom. The Bertz CT molecular complexity index is 1060. The number of esters is 2. The molecular formula is C27H32O8. The summed E-state index contributed by atoms with van der Waals surface area (Å²) in [6.45, 7) is 5.65. The van der Waals surface area contributed by atoms with E-state index in [0.717, 1.165) is 0 Å². The number of benzene rings is 2. The molecule has 2 rings (SSSR count). The maximum Gasteiger partial charge on any atom is 0.337 e. The molecule has 0 amide bonds. The van der Waals surface area contributed by atoms with Gasteiger partial charge in [0.25, 0.3) is 0 Å². The van der Waals surface area contributed by atoms with Crippen molar-refractivity contribution in [2.75, 3.05) is 41.2 Å². The highest BCUT2D eigenvalue weighted by atomic mass is 16.5. The molecule has 1 atom stereocenters. The van der Waals surface area contributed by atoms with Crippen LogP contribution in [0.15, 0.2) is 60.7 Å². The van der Waals surface area contributed by atoms with Crippen molar-refractivity contribution in [3.63, 3.8) is 0 Å². The predicted octanol–water partition coefficient (Wildman–Crippen LogP) is 4.13.